The third kappa shape index (κ3) is 4.76. The smallest absolute Gasteiger partial charge is 0.190 e. The maximum Gasteiger partial charge on any atom is 0.190 e. The Hall–Kier alpha value is -1.22. The zero-order valence-corrected chi connectivity index (χ0v) is 18.0. The standard InChI is InChI=1S/C22H32O7/c1-13(2)25-15-9-7-14(8-10-15)11-23-18-17(16-12-24-21(3,4)27-16)26-20-19(18)28-22(5,6)29-20/h7-10,13,16-20H,11-12H2,1-6H3/t16-,17-,18+,19+,20-/m0/s1. The molecule has 0 saturated carbocycles. The molecular formula is C22H32O7. The molecule has 0 unspecified atom stereocenters. The van der Waals surface area contributed by atoms with E-state index in [4.69, 9.17) is 33.2 Å². The van der Waals surface area contributed by atoms with Gasteiger partial charge in [-0.3, -0.25) is 0 Å². The van der Waals surface area contributed by atoms with Gasteiger partial charge in [0.1, 0.15) is 30.2 Å². The van der Waals surface area contributed by atoms with Crippen molar-refractivity contribution >= 4 is 0 Å². The largest absolute Gasteiger partial charge is 0.491 e. The minimum Gasteiger partial charge on any atom is -0.491 e. The van der Waals surface area contributed by atoms with E-state index in [1.165, 1.54) is 0 Å². The Labute approximate surface area is 172 Å². The van der Waals surface area contributed by atoms with Gasteiger partial charge in [-0.05, 0) is 59.2 Å². The average molecular weight is 408 g/mol. The molecule has 3 aliphatic heterocycles. The van der Waals surface area contributed by atoms with Gasteiger partial charge in [-0.15, -0.1) is 0 Å². The summed E-state index contributed by atoms with van der Waals surface area (Å²) in [7, 11) is 0. The molecule has 4 rings (SSSR count). The van der Waals surface area contributed by atoms with Gasteiger partial charge in [0, 0.05) is 0 Å². The van der Waals surface area contributed by atoms with Crippen molar-refractivity contribution in [1.82, 2.24) is 0 Å². The molecule has 1 aromatic rings. The lowest BCUT2D eigenvalue weighted by Gasteiger charge is -2.29. The molecule has 7 nitrogen and oxygen atoms in total. The van der Waals surface area contributed by atoms with E-state index in [0.717, 1.165) is 11.3 Å². The topological polar surface area (TPSA) is 64.6 Å². The van der Waals surface area contributed by atoms with Crippen LogP contribution in [0.1, 0.15) is 47.1 Å². The summed E-state index contributed by atoms with van der Waals surface area (Å²) in [6.07, 6.45) is -1.54. The van der Waals surface area contributed by atoms with Crippen LogP contribution in [0.3, 0.4) is 0 Å². The number of hydrogen-bond donors (Lipinski definition) is 0. The number of hydrogen-bond acceptors (Lipinski definition) is 7. The fraction of sp³-hybridized carbons (Fsp3) is 0.727. The molecule has 3 saturated heterocycles. The maximum atomic E-state index is 6.30. The second-order valence-corrected chi connectivity index (χ2v) is 9.02. The van der Waals surface area contributed by atoms with Crippen molar-refractivity contribution in [3.05, 3.63) is 29.8 Å². The van der Waals surface area contributed by atoms with Crippen LogP contribution >= 0.6 is 0 Å². The van der Waals surface area contributed by atoms with E-state index >= 15 is 0 Å². The zero-order chi connectivity index (χ0) is 20.8. The highest BCUT2D eigenvalue weighted by Gasteiger charge is 2.58. The molecule has 0 aliphatic carbocycles. The first-order valence-corrected chi connectivity index (χ1v) is 10.3. The Morgan fingerprint density at radius 2 is 1.69 bits per heavy atom. The highest BCUT2D eigenvalue weighted by Crippen LogP contribution is 2.42. The van der Waals surface area contributed by atoms with Crippen molar-refractivity contribution in [2.24, 2.45) is 0 Å². The van der Waals surface area contributed by atoms with Crippen molar-refractivity contribution < 1.29 is 33.2 Å². The predicted octanol–water partition coefficient (Wildman–Crippen LogP) is 3.39. The third-order valence-corrected chi connectivity index (χ3v) is 5.16. The van der Waals surface area contributed by atoms with E-state index in [-0.39, 0.29) is 30.5 Å². The van der Waals surface area contributed by atoms with E-state index in [9.17, 15) is 0 Å². The van der Waals surface area contributed by atoms with Crippen molar-refractivity contribution in [3.8, 4) is 5.75 Å². The van der Waals surface area contributed by atoms with Crippen molar-refractivity contribution in [1.29, 1.82) is 0 Å². The molecule has 0 amide bonds. The van der Waals surface area contributed by atoms with E-state index in [1.54, 1.807) is 0 Å². The van der Waals surface area contributed by atoms with Crippen LogP contribution < -0.4 is 4.74 Å². The molecular weight excluding hydrogens is 376 g/mol. The van der Waals surface area contributed by atoms with Crippen LogP contribution in [0.15, 0.2) is 24.3 Å². The van der Waals surface area contributed by atoms with Gasteiger partial charge >= 0.3 is 0 Å². The summed E-state index contributed by atoms with van der Waals surface area (Å²) in [6, 6.07) is 7.93. The first-order valence-electron chi connectivity index (χ1n) is 10.3. The van der Waals surface area contributed by atoms with Gasteiger partial charge in [-0.2, -0.15) is 0 Å². The lowest BCUT2D eigenvalue weighted by Crippen LogP contribution is -2.44. The van der Waals surface area contributed by atoms with Gasteiger partial charge in [-0.1, -0.05) is 12.1 Å². The first-order chi connectivity index (χ1) is 13.6. The summed E-state index contributed by atoms with van der Waals surface area (Å²) in [5.41, 5.74) is 1.05. The predicted molar refractivity (Wildman–Crippen MR) is 104 cm³/mol. The quantitative estimate of drug-likeness (QED) is 0.715. The second-order valence-electron chi connectivity index (χ2n) is 9.02. The van der Waals surface area contributed by atoms with Gasteiger partial charge in [-0.25, -0.2) is 0 Å². The highest BCUT2D eigenvalue weighted by molar-refractivity contribution is 5.27. The van der Waals surface area contributed by atoms with E-state index in [1.807, 2.05) is 65.8 Å². The monoisotopic (exact) mass is 408 g/mol. The number of benzene rings is 1. The van der Waals surface area contributed by atoms with Crippen LogP contribution in [0, 0.1) is 0 Å². The Balaban J connectivity index is 1.44. The van der Waals surface area contributed by atoms with Crippen LogP contribution in [-0.4, -0.2) is 55.0 Å². The van der Waals surface area contributed by atoms with Gasteiger partial charge in [0.05, 0.1) is 19.3 Å². The lowest BCUT2D eigenvalue weighted by atomic mass is 10.1. The summed E-state index contributed by atoms with van der Waals surface area (Å²) in [5.74, 6) is -0.494. The Morgan fingerprint density at radius 1 is 0.966 bits per heavy atom. The lowest BCUT2D eigenvalue weighted by molar-refractivity contribution is -0.236. The molecule has 29 heavy (non-hydrogen) atoms. The summed E-state index contributed by atoms with van der Waals surface area (Å²) in [5, 5.41) is 0. The average Bonchev–Trinajstić information content (AvgIpc) is 3.23. The van der Waals surface area contributed by atoms with Gasteiger partial charge in [0.15, 0.2) is 17.9 Å². The molecule has 0 aromatic heterocycles. The molecule has 7 heteroatoms. The Morgan fingerprint density at radius 3 is 2.31 bits per heavy atom. The van der Waals surface area contributed by atoms with Crippen LogP contribution in [0.2, 0.25) is 0 Å². The van der Waals surface area contributed by atoms with E-state index in [0.29, 0.717) is 13.2 Å². The number of ether oxygens (including phenoxy) is 7. The Kier molecular flexibility index (Phi) is 5.65. The van der Waals surface area contributed by atoms with E-state index < -0.39 is 17.9 Å². The van der Waals surface area contributed by atoms with Crippen LogP contribution in [0.4, 0.5) is 0 Å². The molecule has 3 fully saturated rings. The van der Waals surface area contributed by atoms with Crippen molar-refractivity contribution in [2.45, 2.75) is 96.5 Å². The zero-order valence-electron chi connectivity index (χ0n) is 18.0. The number of rotatable bonds is 6. The van der Waals surface area contributed by atoms with Crippen LogP contribution in [-0.2, 0) is 35.0 Å². The molecule has 0 spiro atoms. The summed E-state index contributed by atoms with van der Waals surface area (Å²) < 4.78 is 41.9. The molecule has 0 radical (unpaired) electrons. The van der Waals surface area contributed by atoms with Crippen LogP contribution in [0.5, 0.6) is 5.75 Å². The fourth-order valence-corrected chi connectivity index (χ4v) is 4.00. The van der Waals surface area contributed by atoms with E-state index in [2.05, 4.69) is 0 Å². The third-order valence-electron chi connectivity index (χ3n) is 5.16. The molecule has 5 atom stereocenters. The molecule has 3 aliphatic rings. The summed E-state index contributed by atoms with van der Waals surface area (Å²) in [6.45, 7) is 12.5. The van der Waals surface area contributed by atoms with Gasteiger partial charge in [0.2, 0.25) is 0 Å². The van der Waals surface area contributed by atoms with Crippen LogP contribution in [0.25, 0.3) is 0 Å². The number of fused-ring (bicyclic) bond motifs is 1. The maximum absolute atomic E-state index is 6.30. The molecule has 3 heterocycles. The summed E-state index contributed by atoms with van der Waals surface area (Å²) in [4.78, 5) is 0. The summed E-state index contributed by atoms with van der Waals surface area (Å²) >= 11 is 0. The molecule has 1 aromatic carbocycles. The minimum atomic E-state index is -0.704. The van der Waals surface area contributed by atoms with Gasteiger partial charge < -0.3 is 33.2 Å². The molecule has 162 valence electrons. The van der Waals surface area contributed by atoms with Crippen molar-refractivity contribution in [3.63, 3.8) is 0 Å². The fourth-order valence-electron chi connectivity index (χ4n) is 4.00. The highest BCUT2D eigenvalue weighted by atomic mass is 16.8. The SMILES string of the molecule is CC(C)Oc1ccc(CO[C@@H]2[C@H]([C@@H]3COC(C)(C)O3)O[C@H]3OC(C)(C)O[C@@H]32)cc1. The Bertz CT molecular complexity index is 700. The van der Waals surface area contributed by atoms with Crippen molar-refractivity contribution in [2.75, 3.05) is 6.61 Å². The van der Waals surface area contributed by atoms with Gasteiger partial charge in [0.25, 0.3) is 0 Å². The normalized spacial score (nSPS) is 35.2. The molecule has 0 bridgehead atoms. The minimum absolute atomic E-state index is 0.145. The first kappa shape index (κ1) is 21.0. The second kappa shape index (κ2) is 7.80. The molecule has 0 N–H and O–H groups in total.